The topological polar surface area (TPSA) is 49.3 Å². The van der Waals surface area contributed by atoms with Gasteiger partial charge in [-0.1, -0.05) is 36.8 Å². The molecule has 6 rings (SSSR count). The second kappa shape index (κ2) is 8.05. The van der Waals surface area contributed by atoms with Gasteiger partial charge >= 0.3 is 0 Å². The van der Waals surface area contributed by atoms with E-state index in [1.165, 1.54) is 31.2 Å². The van der Waals surface area contributed by atoms with Gasteiger partial charge in [0.1, 0.15) is 0 Å². The van der Waals surface area contributed by atoms with Gasteiger partial charge in [0.15, 0.2) is 5.96 Å². The van der Waals surface area contributed by atoms with Crippen LogP contribution in [0.5, 0.6) is 0 Å². The van der Waals surface area contributed by atoms with E-state index in [2.05, 4.69) is 52.4 Å². The Morgan fingerprint density at radius 3 is 2.81 bits per heavy atom. The first-order valence-electron chi connectivity index (χ1n) is 12.4. The summed E-state index contributed by atoms with van der Waals surface area (Å²) in [4.78, 5) is 10.0. The molecule has 0 bridgehead atoms. The number of fused-ring (bicyclic) bond motifs is 3. The summed E-state index contributed by atoms with van der Waals surface area (Å²) < 4.78 is 12.4. The summed E-state index contributed by atoms with van der Waals surface area (Å²) in [7, 11) is 0. The van der Waals surface area contributed by atoms with Crippen molar-refractivity contribution in [3.05, 3.63) is 35.9 Å². The predicted molar refractivity (Wildman–Crippen MR) is 121 cm³/mol. The Kier molecular flexibility index (Phi) is 5.20. The second-order valence-corrected chi connectivity index (χ2v) is 10.1. The van der Waals surface area contributed by atoms with Gasteiger partial charge < -0.3 is 19.7 Å². The first-order valence-corrected chi connectivity index (χ1v) is 12.4. The molecule has 6 heteroatoms. The number of aliphatic imine (C=N–C) groups is 1. The van der Waals surface area contributed by atoms with Crippen molar-refractivity contribution in [2.24, 2.45) is 16.3 Å². The Labute approximate surface area is 186 Å². The van der Waals surface area contributed by atoms with E-state index in [1.54, 1.807) is 0 Å². The van der Waals surface area contributed by atoms with Gasteiger partial charge in [-0.15, -0.1) is 0 Å². The second-order valence-electron chi connectivity index (χ2n) is 10.1. The summed E-state index contributed by atoms with van der Waals surface area (Å²) in [6.07, 6.45) is 5.93. The number of nitrogens with one attached hydrogen (secondary N) is 1. The number of ether oxygens (including phenoxy) is 2. The maximum atomic E-state index is 6.23. The van der Waals surface area contributed by atoms with Crippen LogP contribution in [0.25, 0.3) is 0 Å². The van der Waals surface area contributed by atoms with Crippen LogP contribution in [0.2, 0.25) is 0 Å². The first-order chi connectivity index (χ1) is 15.3. The van der Waals surface area contributed by atoms with Crippen LogP contribution in [0.1, 0.15) is 38.2 Å². The van der Waals surface area contributed by atoms with Crippen molar-refractivity contribution < 1.29 is 9.47 Å². The summed E-state index contributed by atoms with van der Waals surface area (Å²) in [6.45, 7) is 8.65. The summed E-state index contributed by atoms with van der Waals surface area (Å²) in [5.74, 6) is 1.76. The van der Waals surface area contributed by atoms with Gasteiger partial charge in [-0.2, -0.15) is 0 Å². The van der Waals surface area contributed by atoms with Crippen LogP contribution in [-0.2, 0) is 16.0 Å². The van der Waals surface area contributed by atoms with Crippen molar-refractivity contribution in [3.8, 4) is 0 Å². The van der Waals surface area contributed by atoms with Gasteiger partial charge in [-0.05, 0) is 31.7 Å². The molecule has 5 unspecified atom stereocenters. The maximum Gasteiger partial charge on any atom is 0.194 e. The van der Waals surface area contributed by atoms with Crippen LogP contribution in [-0.4, -0.2) is 79.4 Å². The molecule has 2 aliphatic carbocycles. The lowest BCUT2D eigenvalue weighted by atomic mass is 9.46. The number of hydrogen-bond donors (Lipinski definition) is 1. The van der Waals surface area contributed by atoms with Crippen molar-refractivity contribution in [3.63, 3.8) is 0 Å². The number of likely N-dealkylation sites (tertiary alicyclic amines) is 1. The number of rotatable bonds is 4. The molecule has 31 heavy (non-hydrogen) atoms. The highest BCUT2D eigenvalue weighted by Gasteiger charge is 2.67. The molecule has 5 fully saturated rings. The van der Waals surface area contributed by atoms with Crippen LogP contribution in [0.4, 0.5) is 0 Å². The zero-order chi connectivity index (χ0) is 20.8. The zero-order valence-electron chi connectivity index (χ0n) is 18.7. The van der Waals surface area contributed by atoms with Crippen molar-refractivity contribution >= 4 is 5.96 Å². The molecule has 3 saturated heterocycles. The molecule has 6 nitrogen and oxygen atoms in total. The summed E-state index contributed by atoms with van der Waals surface area (Å²) >= 11 is 0. The number of benzene rings is 1. The van der Waals surface area contributed by atoms with Gasteiger partial charge in [0.25, 0.3) is 0 Å². The standard InChI is InChI=1S/C25H36N4O2/c1-2-26-24(27-22-19-9-13-31-23(19)25(22)10-6-11-25)29-16-20-21(17-29)30-14-12-28(20)15-18-7-4-3-5-8-18/h3-5,7-8,19-23H,2,6,9-17H2,1H3,(H,26,27). The molecule has 168 valence electrons. The molecule has 1 aromatic rings. The lowest BCUT2D eigenvalue weighted by Gasteiger charge is -2.63. The summed E-state index contributed by atoms with van der Waals surface area (Å²) in [6, 6.07) is 11.8. The lowest BCUT2D eigenvalue weighted by molar-refractivity contribution is -0.171. The van der Waals surface area contributed by atoms with Crippen molar-refractivity contribution in [2.45, 2.75) is 63.4 Å². The van der Waals surface area contributed by atoms with Gasteiger partial charge in [0.2, 0.25) is 0 Å². The molecule has 1 spiro atoms. The minimum absolute atomic E-state index is 0.267. The van der Waals surface area contributed by atoms with Crippen LogP contribution >= 0.6 is 0 Å². The highest BCUT2D eigenvalue weighted by molar-refractivity contribution is 5.81. The van der Waals surface area contributed by atoms with Gasteiger partial charge in [-0.3, -0.25) is 9.89 Å². The highest BCUT2D eigenvalue weighted by atomic mass is 16.5. The third-order valence-corrected chi connectivity index (χ3v) is 8.57. The third-order valence-electron chi connectivity index (χ3n) is 8.57. The lowest BCUT2D eigenvalue weighted by Crippen LogP contribution is -2.72. The van der Waals surface area contributed by atoms with Crippen molar-refractivity contribution in [1.29, 1.82) is 0 Å². The van der Waals surface area contributed by atoms with Gasteiger partial charge in [0.05, 0.1) is 24.9 Å². The van der Waals surface area contributed by atoms with Crippen LogP contribution in [0.15, 0.2) is 35.3 Å². The fourth-order valence-corrected chi connectivity index (χ4v) is 6.93. The largest absolute Gasteiger partial charge is 0.377 e. The average Bonchev–Trinajstić information content (AvgIpc) is 3.37. The quantitative estimate of drug-likeness (QED) is 0.595. The smallest absolute Gasteiger partial charge is 0.194 e. The Morgan fingerprint density at radius 1 is 1.16 bits per heavy atom. The molecular weight excluding hydrogens is 388 g/mol. The average molecular weight is 425 g/mol. The molecule has 5 atom stereocenters. The van der Waals surface area contributed by atoms with Gasteiger partial charge in [-0.25, -0.2) is 0 Å². The fraction of sp³-hybridized carbons (Fsp3) is 0.720. The highest BCUT2D eigenvalue weighted by Crippen LogP contribution is 2.62. The van der Waals surface area contributed by atoms with E-state index < -0.39 is 0 Å². The number of guanidine groups is 1. The van der Waals surface area contributed by atoms with E-state index in [0.29, 0.717) is 29.5 Å². The third kappa shape index (κ3) is 3.30. The summed E-state index contributed by atoms with van der Waals surface area (Å²) in [5.41, 5.74) is 1.76. The maximum absolute atomic E-state index is 6.23. The van der Waals surface area contributed by atoms with Crippen molar-refractivity contribution in [2.75, 3.05) is 39.4 Å². The number of nitrogens with zero attached hydrogens (tertiary/aromatic N) is 3. The molecule has 5 aliphatic rings. The molecule has 1 aromatic carbocycles. The van der Waals surface area contributed by atoms with E-state index >= 15 is 0 Å². The Balaban J connectivity index is 1.16. The molecule has 0 radical (unpaired) electrons. The van der Waals surface area contributed by atoms with E-state index in [9.17, 15) is 0 Å². The molecule has 3 heterocycles. The zero-order valence-corrected chi connectivity index (χ0v) is 18.7. The van der Waals surface area contributed by atoms with Crippen molar-refractivity contribution in [1.82, 2.24) is 15.1 Å². The predicted octanol–water partition coefficient (Wildman–Crippen LogP) is 2.49. The van der Waals surface area contributed by atoms with E-state index in [-0.39, 0.29) is 6.10 Å². The summed E-state index contributed by atoms with van der Waals surface area (Å²) in [5, 5.41) is 3.96. The van der Waals surface area contributed by atoms with Crippen LogP contribution < -0.4 is 5.32 Å². The molecule has 0 amide bonds. The fourth-order valence-electron chi connectivity index (χ4n) is 6.93. The Hall–Kier alpha value is -1.63. The SMILES string of the molecule is CCN=C(NC1C2CCOC2C12CCC2)N1CC2OCCN(Cc3ccccc3)C2C1. The molecule has 1 N–H and O–H groups in total. The number of morpholine rings is 1. The van der Waals surface area contributed by atoms with Gasteiger partial charge in [0, 0.05) is 56.7 Å². The minimum Gasteiger partial charge on any atom is -0.377 e. The molecule has 0 aromatic heterocycles. The monoisotopic (exact) mass is 424 g/mol. The van der Waals surface area contributed by atoms with Crippen LogP contribution in [0.3, 0.4) is 0 Å². The number of hydrogen-bond acceptors (Lipinski definition) is 4. The normalized spacial score (nSPS) is 36.6. The van der Waals surface area contributed by atoms with Crippen LogP contribution in [0, 0.1) is 11.3 Å². The first kappa shape index (κ1) is 20.0. The van der Waals surface area contributed by atoms with E-state index in [4.69, 9.17) is 14.5 Å². The van der Waals surface area contributed by atoms with E-state index in [1.807, 2.05) is 0 Å². The minimum atomic E-state index is 0.267. The molecule has 3 aliphatic heterocycles. The molecule has 2 saturated carbocycles. The Morgan fingerprint density at radius 2 is 2.03 bits per heavy atom. The van der Waals surface area contributed by atoms with E-state index in [0.717, 1.165) is 51.9 Å². The Bertz CT molecular complexity index is 811. The molecular formula is C25H36N4O2.